The van der Waals surface area contributed by atoms with Gasteiger partial charge in [-0.15, -0.1) is 0 Å². The molecule has 0 aliphatic heterocycles. The van der Waals surface area contributed by atoms with E-state index in [1.54, 1.807) is 0 Å². The largest absolute Gasteiger partial charge is 0.171 e. The van der Waals surface area contributed by atoms with E-state index in [9.17, 15) is 0 Å². The van der Waals surface area contributed by atoms with E-state index in [2.05, 4.69) is 19.5 Å². The van der Waals surface area contributed by atoms with E-state index in [0.29, 0.717) is 0 Å². The zero-order valence-corrected chi connectivity index (χ0v) is 7.75. The minimum atomic E-state index is -0.345. The highest BCUT2D eigenvalue weighted by Crippen LogP contribution is 2.03. The van der Waals surface area contributed by atoms with Crippen molar-refractivity contribution in [1.29, 1.82) is 0 Å². The Labute approximate surface area is 58.5 Å². The average Bonchev–Trinajstić information content (AvgIpc) is 1.83. The highest BCUT2D eigenvalue weighted by Gasteiger charge is 1.85. The van der Waals surface area contributed by atoms with Gasteiger partial charge >= 0.3 is 0 Å². The highest BCUT2D eigenvalue weighted by atomic mass is 35.6. The molecule has 48 valence electrons. The number of halogens is 1. The summed E-state index contributed by atoms with van der Waals surface area (Å²) in [6, 6.07) is 0. The Morgan fingerprint density at radius 2 is 2.00 bits per heavy atom. The molecular formula is C6H13ClSi. The zero-order chi connectivity index (χ0) is 6.41. The van der Waals surface area contributed by atoms with Gasteiger partial charge in [0.15, 0.2) is 0 Å². The number of hydrogen-bond donors (Lipinski definition) is 0. The third-order valence-corrected chi connectivity index (χ3v) is 2.47. The fourth-order valence-electron chi connectivity index (χ4n) is 0.648. The van der Waals surface area contributed by atoms with Crippen LogP contribution in [-0.2, 0) is 0 Å². The maximum atomic E-state index is 5.62. The van der Waals surface area contributed by atoms with Crippen LogP contribution in [0.2, 0.25) is 0 Å². The lowest BCUT2D eigenvalue weighted by Crippen LogP contribution is -1.79. The van der Waals surface area contributed by atoms with Crippen LogP contribution in [0, 0.1) is 0 Å². The molecule has 0 aliphatic carbocycles. The molecular weight excluding hydrogens is 136 g/mol. The van der Waals surface area contributed by atoms with E-state index in [0.717, 1.165) is 0 Å². The van der Waals surface area contributed by atoms with Crippen molar-refractivity contribution in [2.24, 2.45) is 0 Å². The van der Waals surface area contributed by atoms with Gasteiger partial charge in [0.2, 0.25) is 0 Å². The molecule has 0 unspecified atom stereocenters. The van der Waals surface area contributed by atoms with Gasteiger partial charge in [-0.05, 0) is 12.8 Å². The minimum absolute atomic E-state index is 0.345. The summed E-state index contributed by atoms with van der Waals surface area (Å²) in [5.41, 5.74) is 3.74. The molecule has 0 saturated heterocycles. The molecule has 0 fully saturated rings. The molecule has 0 aliphatic rings. The Bertz CT molecular complexity index is 72.6. The van der Waals surface area contributed by atoms with Crippen LogP contribution in [0.15, 0.2) is 11.3 Å². The summed E-state index contributed by atoms with van der Waals surface area (Å²) in [6.45, 7) is 4.35. The molecule has 2 heteroatoms. The maximum Gasteiger partial charge on any atom is 0.148 e. The Kier molecular flexibility index (Phi) is 5.55. The Morgan fingerprint density at radius 1 is 1.50 bits per heavy atom. The fraction of sp³-hybridized carbons (Fsp3) is 0.667. The van der Waals surface area contributed by atoms with Gasteiger partial charge in [0, 0.05) is 0 Å². The lowest BCUT2D eigenvalue weighted by molar-refractivity contribution is 0.983. The molecule has 0 spiro atoms. The van der Waals surface area contributed by atoms with Gasteiger partial charge in [0.25, 0.3) is 0 Å². The van der Waals surface area contributed by atoms with Crippen molar-refractivity contribution in [3.05, 3.63) is 11.3 Å². The van der Waals surface area contributed by atoms with Gasteiger partial charge in [0.05, 0.1) is 0 Å². The van der Waals surface area contributed by atoms with Crippen LogP contribution in [0.4, 0.5) is 0 Å². The summed E-state index contributed by atoms with van der Waals surface area (Å²) in [5, 5.41) is 0. The Morgan fingerprint density at radius 3 is 2.12 bits per heavy atom. The van der Waals surface area contributed by atoms with Crippen LogP contribution in [0.25, 0.3) is 0 Å². The molecule has 0 nitrogen and oxygen atoms in total. The molecule has 0 amide bonds. The molecule has 0 aromatic carbocycles. The quantitative estimate of drug-likeness (QED) is 0.425. The molecule has 8 heavy (non-hydrogen) atoms. The van der Waals surface area contributed by atoms with Crippen molar-refractivity contribution in [1.82, 2.24) is 0 Å². The van der Waals surface area contributed by atoms with E-state index in [-0.39, 0.29) is 8.83 Å². The van der Waals surface area contributed by atoms with E-state index >= 15 is 0 Å². The third kappa shape index (κ3) is 3.27. The first-order valence-electron chi connectivity index (χ1n) is 3.09. The van der Waals surface area contributed by atoms with Crippen molar-refractivity contribution >= 4 is 19.9 Å². The van der Waals surface area contributed by atoms with Crippen LogP contribution in [0.3, 0.4) is 0 Å². The van der Waals surface area contributed by atoms with Gasteiger partial charge in [-0.3, -0.25) is 0 Å². The SMILES string of the molecule is CCC(=C[SiH2]Cl)CC. The van der Waals surface area contributed by atoms with Crippen molar-refractivity contribution in [3.8, 4) is 0 Å². The topological polar surface area (TPSA) is 0 Å². The van der Waals surface area contributed by atoms with Crippen molar-refractivity contribution < 1.29 is 0 Å². The maximum absolute atomic E-state index is 5.62. The van der Waals surface area contributed by atoms with E-state index < -0.39 is 0 Å². The lowest BCUT2D eigenvalue weighted by Gasteiger charge is -1.94. The van der Waals surface area contributed by atoms with Crippen molar-refractivity contribution in [2.75, 3.05) is 0 Å². The molecule has 0 bridgehead atoms. The Hall–Kier alpha value is 0.247. The lowest BCUT2D eigenvalue weighted by atomic mass is 10.2. The smallest absolute Gasteiger partial charge is 0.148 e. The molecule has 0 N–H and O–H groups in total. The zero-order valence-electron chi connectivity index (χ0n) is 5.58. The monoisotopic (exact) mass is 148 g/mol. The molecule has 0 heterocycles. The second-order valence-corrected chi connectivity index (χ2v) is 3.37. The second kappa shape index (κ2) is 5.38. The summed E-state index contributed by atoms with van der Waals surface area (Å²) < 4.78 is 0. The van der Waals surface area contributed by atoms with Gasteiger partial charge in [-0.25, -0.2) is 0 Å². The molecule has 0 rings (SSSR count). The average molecular weight is 149 g/mol. The van der Waals surface area contributed by atoms with Crippen LogP contribution in [0.1, 0.15) is 26.7 Å². The first kappa shape index (κ1) is 8.25. The van der Waals surface area contributed by atoms with Crippen LogP contribution < -0.4 is 0 Å². The van der Waals surface area contributed by atoms with Gasteiger partial charge in [-0.2, -0.15) is 11.1 Å². The second-order valence-electron chi connectivity index (χ2n) is 1.72. The van der Waals surface area contributed by atoms with Crippen molar-refractivity contribution in [2.45, 2.75) is 26.7 Å². The standard InChI is InChI=1S/C6H13ClSi/c1-3-6(4-2)5-8-7/h5H,3-4,8H2,1-2H3. The van der Waals surface area contributed by atoms with Crippen molar-refractivity contribution in [3.63, 3.8) is 0 Å². The van der Waals surface area contributed by atoms with Gasteiger partial charge < -0.3 is 0 Å². The predicted molar refractivity (Wildman–Crippen MR) is 43.1 cm³/mol. The van der Waals surface area contributed by atoms with E-state index in [1.807, 2.05) is 0 Å². The molecule has 0 radical (unpaired) electrons. The predicted octanol–water partition coefficient (Wildman–Crippen LogP) is 2.01. The summed E-state index contributed by atoms with van der Waals surface area (Å²) in [5.74, 6) is 0. The fourth-order valence-corrected chi connectivity index (χ4v) is 2.10. The first-order valence-corrected chi connectivity index (χ1v) is 6.04. The third-order valence-electron chi connectivity index (χ3n) is 1.27. The summed E-state index contributed by atoms with van der Waals surface area (Å²) in [4.78, 5) is 0. The molecule has 0 atom stereocenters. The summed E-state index contributed by atoms with van der Waals surface area (Å²) >= 11 is 5.62. The van der Waals surface area contributed by atoms with Gasteiger partial charge in [0.1, 0.15) is 8.83 Å². The van der Waals surface area contributed by atoms with Crippen LogP contribution in [-0.4, -0.2) is 8.83 Å². The Balaban J connectivity index is 3.49. The van der Waals surface area contributed by atoms with E-state index in [4.69, 9.17) is 11.1 Å². The van der Waals surface area contributed by atoms with Crippen LogP contribution in [0.5, 0.6) is 0 Å². The minimum Gasteiger partial charge on any atom is -0.171 e. The van der Waals surface area contributed by atoms with Gasteiger partial charge in [-0.1, -0.05) is 25.1 Å². The molecule has 0 saturated carbocycles. The normalized spacial score (nSPS) is 10.4. The molecule has 0 aromatic rings. The summed E-state index contributed by atoms with van der Waals surface area (Å²) in [7, 11) is -0.345. The first-order chi connectivity index (χ1) is 3.85. The van der Waals surface area contributed by atoms with Crippen LogP contribution >= 0.6 is 11.1 Å². The number of allylic oxidation sites excluding steroid dienone is 1. The summed E-state index contributed by atoms with van der Waals surface area (Å²) in [6.07, 6.45) is 2.35. The number of hydrogen-bond acceptors (Lipinski definition) is 0. The highest BCUT2D eigenvalue weighted by molar-refractivity contribution is 6.96. The van der Waals surface area contributed by atoms with E-state index in [1.165, 1.54) is 18.4 Å². The molecule has 0 aromatic heterocycles. The number of rotatable bonds is 3.